The minimum Gasteiger partial charge on any atom is -0.372 e. The van der Waals surface area contributed by atoms with E-state index in [-0.39, 0.29) is 0 Å². The number of rotatable bonds is 1. The van der Waals surface area contributed by atoms with Crippen LogP contribution in [0.4, 0.5) is 0 Å². The van der Waals surface area contributed by atoms with Gasteiger partial charge in [-0.15, -0.1) is 0 Å². The van der Waals surface area contributed by atoms with Crippen LogP contribution in [0.3, 0.4) is 0 Å². The summed E-state index contributed by atoms with van der Waals surface area (Å²) in [7, 11) is 0. The fraction of sp³-hybridized carbons (Fsp3) is 0.250. The topological polar surface area (TPSA) is 39.2 Å². The molecule has 0 unspecified atom stereocenters. The van der Waals surface area contributed by atoms with E-state index in [0.29, 0.717) is 18.8 Å². The Bertz CT molecular complexity index is 296. The van der Waals surface area contributed by atoms with Crippen molar-refractivity contribution in [3.8, 4) is 0 Å². The van der Waals surface area contributed by atoms with E-state index in [9.17, 15) is 4.79 Å². The average Bonchev–Trinajstić information content (AvgIpc) is 2.50. The maximum atomic E-state index is 10.5. The van der Waals surface area contributed by atoms with Crippen molar-refractivity contribution in [2.75, 3.05) is 0 Å². The molecule has 1 aromatic rings. The minimum atomic E-state index is 0.548. The van der Waals surface area contributed by atoms with Gasteiger partial charge in [0.2, 0.25) is 0 Å². The first-order valence-electron chi connectivity index (χ1n) is 3.40. The summed E-state index contributed by atoms with van der Waals surface area (Å²) in [4.78, 5) is 14.4. The van der Waals surface area contributed by atoms with Gasteiger partial charge in [-0.2, -0.15) is 0 Å². The van der Waals surface area contributed by atoms with Crippen LogP contribution in [0, 0.1) is 0 Å². The van der Waals surface area contributed by atoms with Gasteiger partial charge in [0.1, 0.15) is 0 Å². The summed E-state index contributed by atoms with van der Waals surface area (Å²) in [6.07, 6.45) is 4.14. The Kier molecular flexibility index (Phi) is 1.43. The second kappa shape index (κ2) is 2.43. The molecule has 0 fully saturated rings. The standard InChI is InChI=1S/C8H7NO2/c10-3-6-1-9-2-7-4-11-5-8(6)7/h1-3H,4-5H2. The van der Waals surface area contributed by atoms with Crippen LogP contribution in [0.25, 0.3) is 0 Å². The highest BCUT2D eigenvalue weighted by Crippen LogP contribution is 2.20. The molecule has 1 aliphatic rings. The van der Waals surface area contributed by atoms with Crippen LogP contribution in [0.15, 0.2) is 12.4 Å². The fourth-order valence-corrected chi connectivity index (χ4v) is 1.21. The van der Waals surface area contributed by atoms with E-state index in [1.54, 1.807) is 12.4 Å². The summed E-state index contributed by atoms with van der Waals surface area (Å²) >= 11 is 0. The molecule has 1 aliphatic heterocycles. The summed E-state index contributed by atoms with van der Waals surface area (Å²) in [5, 5.41) is 0. The largest absolute Gasteiger partial charge is 0.372 e. The SMILES string of the molecule is O=Cc1cncc2c1COC2. The molecule has 0 radical (unpaired) electrons. The van der Waals surface area contributed by atoms with Gasteiger partial charge >= 0.3 is 0 Å². The summed E-state index contributed by atoms with van der Waals surface area (Å²) in [5.74, 6) is 0. The van der Waals surface area contributed by atoms with Crippen molar-refractivity contribution in [2.45, 2.75) is 13.2 Å². The smallest absolute Gasteiger partial charge is 0.151 e. The van der Waals surface area contributed by atoms with Gasteiger partial charge in [0.15, 0.2) is 6.29 Å². The molecule has 11 heavy (non-hydrogen) atoms. The van der Waals surface area contributed by atoms with Gasteiger partial charge in [0.25, 0.3) is 0 Å². The Balaban J connectivity index is 2.58. The summed E-state index contributed by atoms with van der Waals surface area (Å²) < 4.78 is 5.16. The van der Waals surface area contributed by atoms with Gasteiger partial charge in [-0.1, -0.05) is 0 Å². The highest BCUT2D eigenvalue weighted by Gasteiger charge is 2.14. The molecule has 2 rings (SSSR count). The van der Waals surface area contributed by atoms with Crippen LogP contribution in [0.1, 0.15) is 21.5 Å². The third kappa shape index (κ3) is 0.935. The number of carbonyl (C=O) groups excluding carboxylic acids is 1. The summed E-state index contributed by atoms with van der Waals surface area (Å²) in [6, 6.07) is 0. The van der Waals surface area contributed by atoms with Gasteiger partial charge in [-0.05, 0) is 5.56 Å². The predicted octanol–water partition coefficient (Wildman–Crippen LogP) is 0.924. The molecule has 0 bridgehead atoms. The Hall–Kier alpha value is -1.22. The van der Waals surface area contributed by atoms with E-state index in [2.05, 4.69) is 4.98 Å². The molecule has 3 heteroatoms. The number of carbonyl (C=O) groups is 1. The lowest BCUT2D eigenvalue weighted by molar-refractivity contribution is 0.111. The third-order valence-electron chi connectivity index (χ3n) is 1.81. The molecule has 0 amide bonds. The second-order valence-electron chi connectivity index (χ2n) is 2.48. The monoisotopic (exact) mass is 149 g/mol. The van der Waals surface area contributed by atoms with Crippen LogP contribution in [0.5, 0.6) is 0 Å². The Morgan fingerprint density at radius 3 is 3.18 bits per heavy atom. The Morgan fingerprint density at radius 2 is 2.36 bits per heavy atom. The van der Waals surface area contributed by atoms with Crippen molar-refractivity contribution in [3.05, 3.63) is 29.1 Å². The number of hydrogen-bond acceptors (Lipinski definition) is 3. The Labute approximate surface area is 64.0 Å². The first-order valence-corrected chi connectivity index (χ1v) is 3.40. The highest BCUT2D eigenvalue weighted by molar-refractivity contribution is 5.77. The van der Waals surface area contributed by atoms with Gasteiger partial charge < -0.3 is 4.74 Å². The normalized spacial score (nSPS) is 14.5. The van der Waals surface area contributed by atoms with E-state index >= 15 is 0 Å². The molecule has 0 saturated carbocycles. The third-order valence-corrected chi connectivity index (χ3v) is 1.81. The average molecular weight is 149 g/mol. The molecule has 0 saturated heterocycles. The van der Waals surface area contributed by atoms with E-state index in [1.807, 2.05) is 0 Å². The first-order chi connectivity index (χ1) is 5.42. The van der Waals surface area contributed by atoms with E-state index in [0.717, 1.165) is 17.4 Å². The maximum absolute atomic E-state index is 10.5. The summed E-state index contributed by atoms with van der Waals surface area (Å²) in [5.41, 5.74) is 2.68. The number of nitrogens with zero attached hydrogens (tertiary/aromatic N) is 1. The van der Waals surface area contributed by atoms with Crippen LogP contribution in [-0.2, 0) is 18.0 Å². The number of aromatic nitrogens is 1. The molecule has 0 N–H and O–H groups in total. The van der Waals surface area contributed by atoms with E-state index in [4.69, 9.17) is 4.74 Å². The van der Waals surface area contributed by atoms with Crippen molar-refractivity contribution in [1.29, 1.82) is 0 Å². The predicted molar refractivity (Wildman–Crippen MR) is 38.1 cm³/mol. The molecule has 0 spiro atoms. The molecule has 1 aromatic heterocycles. The van der Waals surface area contributed by atoms with Gasteiger partial charge in [0.05, 0.1) is 13.2 Å². The van der Waals surface area contributed by atoms with E-state index < -0.39 is 0 Å². The van der Waals surface area contributed by atoms with Gasteiger partial charge in [0, 0.05) is 23.5 Å². The minimum absolute atomic E-state index is 0.548. The maximum Gasteiger partial charge on any atom is 0.151 e. The number of hydrogen-bond donors (Lipinski definition) is 0. The van der Waals surface area contributed by atoms with Crippen molar-refractivity contribution >= 4 is 6.29 Å². The number of pyridine rings is 1. The zero-order valence-corrected chi connectivity index (χ0v) is 5.91. The number of ether oxygens (including phenoxy) is 1. The van der Waals surface area contributed by atoms with Crippen molar-refractivity contribution < 1.29 is 9.53 Å². The molecule has 2 heterocycles. The molecule has 56 valence electrons. The van der Waals surface area contributed by atoms with Crippen molar-refractivity contribution in [2.24, 2.45) is 0 Å². The van der Waals surface area contributed by atoms with Gasteiger partial charge in [-0.3, -0.25) is 9.78 Å². The molecule has 0 atom stereocenters. The Morgan fingerprint density at radius 1 is 1.45 bits per heavy atom. The van der Waals surface area contributed by atoms with Crippen molar-refractivity contribution in [3.63, 3.8) is 0 Å². The van der Waals surface area contributed by atoms with Crippen LogP contribution < -0.4 is 0 Å². The molecular weight excluding hydrogens is 142 g/mol. The van der Waals surface area contributed by atoms with Gasteiger partial charge in [-0.25, -0.2) is 0 Å². The fourth-order valence-electron chi connectivity index (χ4n) is 1.21. The lowest BCUT2D eigenvalue weighted by Crippen LogP contribution is -1.92. The number of aldehydes is 1. The summed E-state index contributed by atoms with van der Waals surface area (Å²) in [6.45, 7) is 1.13. The zero-order valence-electron chi connectivity index (χ0n) is 5.91. The molecular formula is C8H7NO2. The quantitative estimate of drug-likeness (QED) is 0.557. The molecule has 0 aliphatic carbocycles. The lowest BCUT2D eigenvalue weighted by atomic mass is 10.1. The molecule has 0 aromatic carbocycles. The van der Waals surface area contributed by atoms with Crippen LogP contribution in [0.2, 0.25) is 0 Å². The van der Waals surface area contributed by atoms with Crippen LogP contribution >= 0.6 is 0 Å². The first kappa shape index (κ1) is 6.49. The van der Waals surface area contributed by atoms with E-state index in [1.165, 1.54) is 0 Å². The van der Waals surface area contributed by atoms with Crippen molar-refractivity contribution in [1.82, 2.24) is 4.98 Å². The van der Waals surface area contributed by atoms with Crippen LogP contribution in [-0.4, -0.2) is 11.3 Å². The lowest BCUT2D eigenvalue weighted by Gasteiger charge is -1.96. The highest BCUT2D eigenvalue weighted by atomic mass is 16.5. The number of fused-ring (bicyclic) bond motifs is 1. The second-order valence-corrected chi connectivity index (χ2v) is 2.48. The molecule has 3 nitrogen and oxygen atoms in total. The zero-order chi connectivity index (χ0) is 7.68.